The average Bonchev–Trinajstić information content (AvgIpc) is 3.19. The van der Waals surface area contributed by atoms with Crippen LogP contribution in [0.25, 0.3) is 5.69 Å². The third-order valence-corrected chi connectivity index (χ3v) is 4.92. The first kappa shape index (κ1) is 19.5. The van der Waals surface area contributed by atoms with E-state index in [9.17, 15) is 17.6 Å². The van der Waals surface area contributed by atoms with Gasteiger partial charge >= 0.3 is 6.18 Å². The number of alkyl halides is 3. The number of ether oxygens (including phenoxy) is 1. The highest BCUT2D eigenvalue weighted by molar-refractivity contribution is 5.38. The van der Waals surface area contributed by atoms with Gasteiger partial charge in [-0.05, 0) is 52.9 Å². The summed E-state index contributed by atoms with van der Waals surface area (Å²) < 4.78 is 59.6. The fourth-order valence-electron chi connectivity index (χ4n) is 3.52. The molecule has 2 aromatic carbocycles. The number of halogens is 4. The summed E-state index contributed by atoms with van der Waals surface area (Å²) in [6, 6.07) is 10.4. The third kappa shape index (κ3) is 4.13. The summed E-state index contributed by atoms with van der Waals surface area (Å²) in [6.07, 6.45) is -4.48. The molecule has 3 aromatic rings. The molecule has 10 heteroatoms. The minimum Gasteiger partial charge on any atom is -0.370 e. The summed E-state index contributed by atoms with van der Waals surface area (Å²) in [5.41, 5.74) is 0.194. The van der Waals surface area contributed by atoms with Crippen molar-refractivity contribution < 1.29 is 27.2 Å². The van der Waals surface area contributed by atoms with E-state index < -0.39 is 11.7 Å². The maximum absolute atomic E-state index is 13.5. The first-order chi connectivity index (χ1) is 13.9. The zero-order chi connectivity index (χ0) is 20.4. The van der Waals surface area contributed by atoms with Crippen molar-refractivity contribution >= 4 is 0 Å². The molecular weight excluding hydrogens is 390 g/mol. The van der Waals surface area contributed by atoms with Crippen molar-refractivity contribution in [3.05, 3.63) is 71.3 Å². The Kier molecular flexibility index (Phi) is 5.29. The maximum Gasteiger partial charge on any atom is 0.416 e. The molecule has 0 radical (unpaired) electrons. The molecule has 0 amide bonds. The maximum atomic E-state index is 13.5. The SMILES string of the molecule is Fc1ccc([C@@H](c2nnnn2-c2cccc(C(F)(F)F)c2)[NH+]2CCOCC2)cc1. The number of quaternary nitrogens is 1. The van der Waals surface area contributed by atoms with Crippen LogP contribution in [0.2, 0.25) is 0 Å². The molecular formula is C19H18F4N5O+. The zero-order valence-corrected chi connectivity index (χ0v) is 15.2. The van der Waals surface area contributed by atoms with Gasteiger partial charge in [-0.15, -0.1) is 5.10 Å². The van der Waals surface area contributed by atoms with E-state index in [4.69, 9.17) is 4.74 Å². The molecule has 1 aliphatic rings. The van der Waals surface area contributed by atoms with E-state index in [0.717, 1.165) is 22.6 Å². The Morgan fingerprint density at radius 2 is 1.76 bits per heavy atom. The van der Waals surface area contributed by atoms with Gasteiger partial charge in [-0.25, -0.2) is 4.39 Å². The van der Waals surface area contributed by atoms with E-state index in [1.54, 1.807) is 12.1 Å². The summed E-state index contributed by atoms with van der Waals surface area (Å²) in [5.74, 6) is 0.00906. The van der Waals surface area contributed by atoms with Gasteiger partial charge in [-0.3, -0.25) is 0 Å². The molecule has 0 unspecified atom stereocenters. The summed E-state index contributed by atoms with van der Waals surface area (Å²) in [6.45, 7) is 2.41. The van der Waals surface area contributed by atoms with Gasteiger partial charge in [0, 0.05) is 5.56 Å². The number of morpholine rings is 1. The molecule has 2 heterocycles. The van der Waals surface area contributed by atoms with Crippen LogP contribution in [0.5, 0.6) is 0 Å². The number of hydrogen-bond acceptors (Lipinski definition) is 4. The molecule has 0 saturated carbocycles. The van der Waals surface area contributed by atoms with Gasteiger partial charge in [-0.1, -0.05) is 6.07 Å². The summed E-state index contributed by atoms with van der Waals surface area (Å²) >= 11 is 0. The smallest absolute Gasteiger partial charge is 0.370 e. The van der Waals surface area contributed by atoms with Crippen LogP contribution >= 0.6 is 0 Å². The standard InChI is InChI=1S/C19H17F4N5O/c20-15-6-4-13(5-7-15)17(27-8-10-29-11-9-27)18-24-25-26-28(18)16-3-1-2-14(12-16)19(21,22)23/h1-7,12,17H,8-11H2/p+1/t17-/m0/s1. The second-order valence-electron chi connectivity index (χ2n) is 6.75. The molecule has 29 heavy (non-hydrogen) atoms. The molecule has 1 fully saturated rings. The molecule has 1 saturated heterocycles. The van der Waals surface area contributed by atoms with Crippen LogP contribution in [-0.4, -0.2) is 46.5 Å². The Hall–Kier alpha value is -2.85. The second kappa shape index (κ2) is 7.88. The monoisotopic (exact) mass is 408 g/mol. The van der Waals surface area contributed by atoms with Gasteiger partial charge in [0.1, 0.15) is 18.9 Å². The van der Waals surface area contributed by atoms with Gasteiger partial charge in [0.2, 0.25) is 5.82 Å². The lowest BCUT2D eigenvalue weighted by Crippen LogP contribution is -3.14. The highest BCUT2D eigenvalue weighted by Crippen LogP contribution is 2.30. The highest BCUT2D eigenvalue weighted by Gasteiger charge is 2.34. The van der Waals surface area contributed by atoms with E-state index in [1.165, 1.54) is 28.9 Å². The fourth-order valence-corrected chi connectivity index (χ4v) is 3.52. The molecule has 1 aliphatic heterocycles. The van der Waals surface area contributed by atoms with Gasteiger partial charge in [0.15, 0.2) is 6.04 Å². The van der Waals surface area contributed by atoms with Crippen molar-refractivity contribution in [1.29, 1.82) is 0 Å². The van der Waals surface area contributed by atoms with E-state index >= 15 is 0 Å². The Bertz CT molecular complexity index is 967. The Labute approximate surface area is 163 Å². The van der Waals surface area contributed by atoms with E-state index in [2.05, 4.69) is 15.5 Å². The van der Waals surface area contributed by atoms with E-state index in [1.807, 2.05) is 0 Å². The zero-order valence-electron chi connectivity index (χ0n) is 15.2. The van der Waals surface area contributed by atoms with Crippen LogP contribution in [-0.2, 0) is 10.9 Å². The van der Waals surface area contributed by atoms with Crippen molar-refractivity contribution in [1.82, 2.24) is 20.2 Å². The molecule has 0 bridgehead atoms. The quantitative estimate of drug-likeness (QED) is 0.670. The minimum absolute atomic E-state index is 0.208. The largest absolute Gasteiger partial charge is 0.416 e. The van der Waals surface area contributed by atoms with Crippen molar-refractivity contribution in [2.24, 2.45) is 0 Å². The molecule has 1 N–H and O–H groups in total. The number of rotatable bonds is 4. The van der Waals surface area contributed by atoms with Crippen LogP contribution in [0, 0.1) is 5.82 Å². The van der Waals surface area contributed by atoms with Crippen molar-refractivity contribution in [2.75, 3.05) is 26.3 Å². The first-order valence-electron chi connectivity index (χ1n) is 9.07. The van der Waals surface area contributed by atoms with Crippen LogP contribution in [0.3, 0.4) is 0 Å². The van der Waals surface area contributed by atoms with Gasteiger partial charge in [-0.2, -0.15) is 17.9 Å². The number of aromatic nitrogens is 4. The van der Waals surface area contributed by atoms with Crippen molar-refractivity contribution in [3.8, 4) is 5.69 Å². The minimum atomic E-state index is -4.48. The van der Waals surface area contributed by atoms with E-state index in [0.29, 0.717) is 32.1 Å². The normalized spacial score (nSPS) is 16.7. The van der Waals surface area contributed by atoms with Gasteiger partial charge in [0.05, 0.1) is 24.5 Å². The average molecular weight is 408 g/mol. The van der Waals surface area contributed by atoms with Crippen LogP contribution < -0.4 is 4.90 Å². The Balaban J connectivity index is 1.79. The van der Waals surface area contributed by atoms with Crippen LogP contribution in [0.1, 0.15) is 23.0 Å². The Morgan fingerprint density at radius 1 is 1.03 bits per heavy atom. The summed E-state index contributed by atoms with van der Waals surface area (Å²) in [5, 5.41) is 11.8. The van der Waals surface area contributed by atoms with Gasteiger partial charge in [0.25, 0.3) is 0 Å². The van der Waals surface area contributed by atoms with Crippen molar-refractivity contribution in [3.63, 3.8) is 0 Å². The summed E-state index contributed by atoms with van der Waals surface area (Å²) in [7, 11) is 0. The molecule has 0 spiro atoms. The first-order valence-corrected chi connectivity index (χ1v) is 9.07. The van der Waals surface area contributed by atoms with Crippen LogP contribution in [0.4, 0.5) is 17.6 Å². The molecule has 0 aliphatic carbocycles. The number of benzene rings is 2. The molecule has 1 atom stereocenters. The molecule has 6 nitrogen and oxygen atoms in total. The lowest BCUT2D eigenvalue weighted by molar-refractivity contribution is -0.933. The Morgan fingerprint density at radius 3 is 2.45 bits per heavy atom. The lowest BCUT2D eigenvalue weighted by Gasteiger charge is -2.31. The molecule has 1 aromatic heterocycles. The number of nitrogens with zero attached hydrogens (tertiary/aromatic N) is 4. The number of nitrogens with one attached hydrogen (secondary N) is 1. The predicted molar refractivity (Wildman–Crippen MR) is 93.9 cm³/mol. The predicted octanol–water partition coefficient (Wildman–Crippen LogP) is 1.82. The number of hydrogen-bond donors (Lipinski definition) is 1. The fraction of sp³-hybridized carbons (Fsp3) is 0.316. The third-order valence-electron chi connectivity index (χ3n) is 4.92. The van der Waals surface area contributed by atoms with Crippen molar-refractivity contribution in [2.45, 2.75) is 12.2 Å². The lowest BCUT2D eigenvalue weighted by atomic mass is 10.0. The highest BCUT2D eigenvalue weighted by atomic mass is 19.4. The van der Waals surface area contributed by atoms with Gasteiger partial charge < -0.3 is 9.64 Å². The number of tetrazole rings is 1. The second-order valence-corrected chi connectivity index (χ2v) is 6.75. The van der Waals surface area contributed by atoms with E-state index in [-0.39, 0.29) is 17.5 Å². The van der Waals surface area contributed by atoms with Crippen LogP contribution in [0.15, 0.2) is 48.5 Å². The summed E-state index contributed by atoms with van der Waals surface area (Å²) in [4.78, 5) is 1.09. The topological polar surface area (TPSA) is 57.3 Å². The molecule has 152 valence electrons. The molecule has 4 rings (SSSR count).